The standard InChI is InChI=1S/C23H30N2O2/c1-18(2)27-22-7-5-4-6-21(22)17-24-12-14-25(15-13-24)23(26)16-20-10-8-19(3)9-11-20/h4-11,18H,12-17H2,1-3H3. The second kappa shape index (κ2) is 9.05. The lowest BCUT2D eigenvalue weighted by Crippen LogP contribution is -2.48. The SMILES string of the molecule is Cc1ccc(CC(=O)N2CCN(Cc3ccccc3OC(C)C)CC2)cc1. The number of piperazine rings is 1. The van der Waals surface area contributed by atoms with Gasteiger partial charge in [0.2, 0.25) is 5.91 Å². The first-order valence-electron chi connectivity index (χ1n) is 9.81. The van der Waals surface area contributed by atoms with Crippen molar-refractivity contribution in [3.8, 4) is 5.75 Å². The summed E-state index contributed by atoms with van der Waals surface area (Å²) in [6.07, 6.45) is 0.660. The maximum absolute atomic E-state index is 12.6. The largest absolute Gasteiger partial charge is 0.491 e. The Morgan fingerprint density at radius 3 is 2.33 bits per heavy atom. The molecule has 1 aliphatic rings. The van der Waals surface area contributed by atoms with Crippen molar-refractivity contribution in [1.82, 2.24) is 9.80 Å². The maximum atomic E-state index is 12.6. The zero-order valence-corrected chi connectivity index (χ0v) is 16.6. The predicted octanol–water partition coefficient (Wildman–Crippen LogP) is 3.67. The first-order chi connectivity index (χ1) is 13.0. The van der Waals surface area contributed by atoms with Crippen molar-refractivity contribution in [3.05, 3.63) is 65.2 Å². The van der Waals surface area contributed by atoms with Crippen LogP contribution >= 0.6 is 0 Å². The summed E-state index contributed by atoms with van der Waals surface area (Å²) < 4.78 is 5.93. The molecule has 0 bridgehead atoms. The molecule has 1 fully saturated rings. The highest BCUT2D eigenvalue weighted by Gasteiger charge is 2.22. The number of rotatable bonds is 6. The van der Waals surface area contributed by atoms with Crippen LogP contribution in [0.1, 0.15) is 30.5 Å². The number of carbonyl (C=O) groups is 1. The molecule has 1 aliphatic heterocycles. The molecule has 0 N–H and O–H groups in total. The van der Waals surface area contributed by atoms with E-state index in [-0.39, 0.29) is 12.0 Å². The molecular formula is C23H30N2O2. The van der Waals surface area contributed by atoms with E-state index < -0.39 is 0 Å². The summed E-state index contributed by atoms with van der Waals surface area (Å²) >= 11 is 0. The summed E-state index contributed by atoms with van der Waals surface area (Å²) in [6.45, 7) is 10.4. The minimum atomic E-state index is 0.169. The molecule has 0 spiro atoms. The average Bonchev–Trinajstić information content (AvgIpc) is 2.65. The number of hydrogen-bond acceptors (Lipinski definition) is 3. The van der Waals surface area contributed by atoms with Crippen LogP contribution in [0.15, 0.2) is 48.5 Å². The normalized spacial score (nSPS) is 15.2. The molecule has 1 saturated heterocycles. The number of nitrogens with zero attached hydrogens (tertiary/aromatic N) is 2. The fraction of sp³-hybridized carbons (Fsp3) is 0.435. The molecule has 0 atom stereocenters. The average molecular weight is 367 g/mol. The minimum Gasteiger partial charge on any atom is -0.491 e. The van der Waals surface area contributed by atoms with E-state index in [1.165, 1.54) is 11.1 Å². The summed E-state index contributed by atoms with van der Waals surface area (Å²) in [4.78, 5) is 17.0. The van der Waals surface area contributed by atoms with Crippen molar-refractivity contribution in [2.45, 2.75) is 39.8 Å². The molecule has 0 aromatic heterocycles. The Balaban J connectivity index is 1.52. The first-order valence-corrected chi connectivity index (χ1v) is 9.81. The van der Waals surface area contributed by atoms with Crippen LogP contribution in [0.4, 0.5) is 0 Å². The number of ether oxygens (including phenoxy) is 1. The Morgan fingerprint density at radius 2 is 1.67 bits per heavy atom. The van der Waals surface area contributed by atoms with E-state index in [2.05, 4.69) is 62.1 Å². The van der Waals surface area contributed by atoms with E-state index in [0.717, 1.165) is 44.0 Å². The van der Waals surface area contributed by atoms with Crippen molar-refractivity contribution in [3.63, 3.8) is 0 Å². The Labute approximate surface area is 162 Å². The van der Waals surface area contributed by atoms with E-state index in [1.54, 1.807) is 0 Å². The number of carbonyl (C=O) groups excluding carboxylic acids is 1. The van der Waals surface area contributed by atoms with Crippen LogP contribution in [0.5, 0.6) is 5.75 Å². The van der Waals surface area contributed by atoms with Crippen molar-refractivity contribution in [2.24, 2.45) is 0 Å². The van der Waals surface area contributed by atoms with Crippen LogP contribution in [-0.4, -0.2) is 48.0 Å². The third-order valence-electron chi connectivity index (χ3n) is 4.93. The van der Waals surface area contributed by atoms with E-state index >= 15 is 0 Å². The van der Waals surface area contributed by atoms with Crippen LogP contribution < -0.4 is 4.74 Å². The Kier molecular flexibility index (Phi) is 6.51. The lowest BCUT2D eigenvalue weighted by atomic mass is 10.1. The summed E-state index contributed by atoms with van der Waals surface area (Å²) in [6, 6.07) is 16.5. The molecule has 2 aromatic carbocycles. The zero-order chi connectivity index (χ0) is 19.2. The number of benzene rings is 2. The van der Waals surface area contributed by atoms with Gasteiger partial charge >= 0.3 is 0 Å². The highest BCUT2D eigenvalue weighted by atomic mass is 16.5. The molecule has 0 radical (unpaired) electrons. The third-order valence-corrected chi connectivity index (χ3v) is 4.93. The van der Waals surface area contributed by atoms with Gasteiger partial charge in [0.1, 0.15) is 5.75 Å². The van der Waals surface area contributed by atoms with Crippen molar-refractivity contribution in [2.75, 3.05) is 26.2 Å². The van der Waals surface area contributed by atoms with Crippen LogP contribution in [0.25, 0.3) is 0 Å². The van der Waals surface area contributed by atoms with Gasteiger partial charge in [-0.2, -0.15) is 0 Å². The highest BCUT2D eigenvalue weighted by molar-refractivity contribution is 5.78. The van der Waals surface area contributed by atoms with Gasteiger partial charge < -0.3 is 9.64 Å². The first kappa shape index (κ1) is 19.4. The topological polar surface area (TPSA) is 32.8 Å². The molecule has 1 heterocycles. The van der Waals surface area contributed by atoms with Crippen molar-refractivity contribution >= 4 is 5.91 Å². The van der Waals surface area contributed by atoms with Crippen molar-refractivity contribution in [1.29, 1.82) is 0 Å². The monoisotopic (exact) mass is 366 g/mol. The van der Waals surface area contributed by atoms with Crippen LogP contribution in [-0.2, 0) is 17.8 Å². The molecule has 0 unspecified atom stereocenters. The van der Waals surface area contributed by atoms with E-state index in [1.807, 2.05) is 17.0 Å². The Morgan fingerprint density at radius 1 is 1.00 bits per heavy atom. The van der Waals surface area contributed by atoms with Gasteiger partial charge in [0, 0.05) is 38.3 Å². The second-order valence-electron chi connectivity index (χ2n) is 7.59. The molecule has 4 nitrogen and oxygen atoms in total. The van der Waals surface area contributed by atoms with Gasteiger partial charge in [0.25, 0.3) is 0 Å². The Hall–Kier alpha value is -2.33. The predicted molar refractivity (Wildman–Crippen MR) is 109 cm³/mol. The van der Waals surface area contributed by atoms with Crippen LogP contribution in [0.2, 0.25) is 0 Å². The quantitative estimate of drug-likeness (QED) is 0.782. The molecule has 1 amide bonds. The van der Waals surface area contributed by atoms with E-state index in [0.29, 0.717) is 6.42 Å². The number of aryl methyl sites for hydroxylation is 1. The molecule has 27 heavy (non-hydrogen) atoms. The number of para-hydroxylation sites is 1. The number of amides is 1. The Bertz CT molecular complexity index is 747. The zero-order valence-electron chi connectivity index (χ0n) is 16.6. The minimum absolute atomic E-state index is 0.169. The lowest BCUT2D eigenvalue weighted by Gasteiger charge is -2.35. The van der Waals surface area contributed by atoms with Crippen molar-refractivity contribution < 1.29 is 9.53 Å². The maximum Gasteiger partial charge on any atom is 0.227 e. The second-order valence-corrected chi connectivity index (χ2v) is 7.59. The van der Waals surface area contributed by atoms with E-state index in [9.17, 15) is 4.79 Å². The van der Waals surface area contributed by atoms with Gasteiger partial charge in [-0.05, 0) is 32.4 Å². The summed E-state index contributed by atoms with van der Waals surface area (Å²) in [5, 5.41) is 0. The summed E-state index contributed by atoms with van der Waals surface area (Å²) in [5.74, 6) is 1.19. The van der Waals surface area contributed by atoms with Gasteiger partial charge in [0.15, 0.2) is 0 Å². The van der Waals surface area contributed by atoms with Crippen LogP contribution in [0, 0.1) is 6.92 Å². The molecule has 0 saturated carbocycles. The summed E-state index contributed by atoms with van der Waals surface area (Å²) in [7, 11) is 0. The molecule has 2 aromatic rings. The molecule has 3 rings (SSSR count). The summed E-state index contributed by atoms with van der Waals surface area (Å²) in [5.41, 5.74) is 3.53. The third kappa shape index (κ3) is 5.57. The molecule has 0 aliphatic carbocycles. The van der Waals surface area contributed by atoms with Gasteiger partial charge in [-0.15, -0.1) is 0 Å². The molecular weight excluding hydrogens is 336 g/mol. The fourth-order valence-corrected chi connectivity index (χ4v) is 3.39. The number of hydrogen-bond donors (Lipinski definition) is 0. The van der Waals surface area contributed by atoms with Gasteiger partial charge in [0.05, 0.1) is 12.5 Å². The van der Waals surface area contributed by atoms with Gasteiger partial charge in [-0.25, -0.2) is 0 Å². The highest BCUT2D eigenvalue weighted by Crippen LogP contribution is 2.22. The van der Waals surface area contributed by atoms with Gasteiger partial charge in [-0.1, -0.05) is 48.0 Å². The fourth-order valence-electron chi connectivity index (χ4n) is 3.39. The van der Waals surface area contributed by atoms with Crippen LogP contribution in [0.3, 0.4) is 0 Å². The lowest BCUT2D eigenvalue weighted by molar-refractivity contribution is -0.132. The van der Waals surface area contributed by atoms with E-state index in [4.69, 9.17) is 4.74 Å². The molecule has 4 heteroatoms. The smallest absolute Gasteiger partial charge is 0.227 e. The van der Waals surface area contributed by atoms with Gasteiger partial charge in [-0.3, -0.25) is 9.69 Å². The molecule has 144 valence electrons.